The van der Waals surface area contributed by atoms with Crippen molar-refractivity contribution >= 4 is 6.41 Å². The smallest absolute Gasteiger partial charge is 0.207 e. The van der Waals surface area contributed by atoms with Crippen LogP contribution in [0.2, 0.25) is 0 Å². The van der Waals surface area contributed by atoms with E-state index >= 15 is 0 Å². The van der Waals surface area contributed by atoms with Gasteiger partial charge in [0, 0.05) is 5.56 Å². The van der Waals surface area contributed by atoms with Crippen molar-refractivity contribution in [3.8, 4) is 17.0 Å². The molecule has 0 radical (unpaired) electrons. The SMILES string of the molecule is Cc1cc(Cc2ccc(-c3cocn3)cc2)c(C)c(C)c1OCCNC=O. The van der Waals surface area contributed by atoms with E-state index in [1.54, 1.807) is 6.26 Å². The van der Waals surface area contributed by atoms with Crippen LogP contribution in [0.25, 0.3) is 11.3 Å². The summed E-state index contributed by atoms with van der Waals surface area (Å²) in [5.74, 6) is 0.908. The molecule has 2 aromatic carbocycles. The average Bonchev–Trinajstić information content (AvgIpc) is 3.21. The van der Waals surface area contributed by atoms with Crippen molar-refractivity contribution in [2.45, 2.75) is 27.2 Å². The van der Waals surface area contributed by atoms with E-state index in [1.807, 2.05) is 0 Å². The highest BCUT2D eigenvalue weighted by atomic mass is 16.5. The van der Waals surface area contributed by atoms with E-state index in [0.717, 1.165) is 34.6 Å². The summed E-state index contributed by atoms with van der Waals surface area (Å²) in [6.07, 6.45) is 4.64. The van der Waals surface area contributed by atoms with Crippen LogP contribution in [-0.4, -0.2) is 24.5 Å². The molecular weight excluding hydrogens is 340 g/mol. The molecule has 1 heterocycles. The first-order chi connectivity index (χ1) is 13.1. The van der Waals surface area contributed by atoms with E-state index in [1.165, 1.54) is 23.1 Å². The van der Waals surface area contributed by atoms with Gasteiger partial charge in [-0.25, -0.2) is 4.98 Å². The molecule has 0 bridgehead atoms. The lowest BCUT2D eigenvalue weighted by Crippen LogP contribution is -2.19. The minimum Gasteiger partial charge on any atom is -0.491 e. The average molecular weight is 364 g/mol. The number of nitrogens with one attached hydrogen (secondary N) is 1. The Morgan fingerprint density at radius 2 is 1.93 bits per heavy atom. The lowest BCUT2D eigenvalue weighted by Gasteiger charge is -2.17. The summed E-state index contributed by atoms with van der Waals surface area (Å²) in [6.45, 7) is 7.24. The second-order valence-corrected chi connectivity index (χ2v) is 6.60. The van der Waals surface area contributed by atoms with Gasteiger partial charge in [0.1, 0.15) is 24.3 Å². The highest BCUT2D eigenvalue weighted by molar-refractivity contribution is 5.58. The second kappa shape index (κ2) is 8.54. The number of carbonyl (C=O) groups excluding carboxylic acids is 1. The molecule has 1 aromatic heterocycles. The van der Waals surface area contributed by atoms with Crippen LogP contribution in [0.5, 0.6) is 5.75 Å². The zero-order chi connectivity index (χ0) is 19.2. The highest BCUT2D eigenvalue weighted by Crippen LogP contribution is 2.30. The first-order valence-corrected chi connectivity index (χ1v) is 8.97. The third-order valence-electron chi connectivity index (χ3n) is 4.79. The third-order valence-corrected chi connectivity index (χ3v) is 4.79. The monoisotopic (exact) mass is 364 g/mol. The van der Waals surface area contributed by atoms with Crippen LogP contribution >= 0.6 is 0 Å². The molecule has 0 aliphatic rings. The molecule has 1 N–H and O–H groups in total. The maximum Gasteiger partial charge on any atom is 0.207 e. The standard InChI is InChI=1S/C22H24N2O3/c1-15-10-20(16(2)17(3)22(15)27-9-8-23-13-25)11-18-4-6-19(7-5-18)21-12-26-14-24-21/h4-7,10,12-14H,8-9,11H2,1-3H3,(H,23,25). The van der Waals surface area contributed by atoms with Crippen LogP contribution in [0.15, 0.2) is 47.4 Å². The van der Waals surface area contributed by atoms with E-state index < -0.39 is 0 Å². The largest absolute Gasteiger partial charge is 0.491 e. The summed E-state index contributed by atoms with van der Waals surface area (Å²) >= 11 is 0. The van der Waals surface area contributed by atoms with Crippen molar-refractivity contribution in [2.24, 2.45) is 0 Å². The van der Waals surface area contributed by atoms with E-state index in [4.69, 9.17) is 9.15 Å². The van der Waals surface area contributed by atoms with Crippen molar-refractivity contribution in [3.63, 3.8) is 0 Å². The molecule has 5 heteroatoms. The summed E-state index contributed by atoms with van der Waals surface area (Å²) in [5, 5.41) is 2.61. The lowest BCUT2D eigenvalue weighted by atomic mass is 9.93. The maximum atomic E-state index is 10.3. The Balaban J connectivity index is 1.76. The Morgan fingerprint density at radius 3 is 2.59 bits per heavy atom. The maximum absolute atomic E-state index is 10.3. The first-order valence-electron chi connectivity index (χ1n) is 8.97. The number of hydrogen-bond donors (Lipinski definition) is 1. The second-order valence-electron chi connectivity index (χ2n) is 6.60. The Morgan fingerprint density at radius 1 is 1.15 bits per heavy atom. The summed E-state index contributed by atoms with van der Waals surface area (Å²) in [7, 11) is 0. The quantitative estimate of drug-likeness (QED) is 0.485. The van der Waals surface area contributed by atoms with Gasteiger partial charge in [-0.2, -0.15) is 0 Å². The molecule has 140 valence electrons. The van der Waals surface area contributed by atoms with Gasteiger partial charge in [0.2, 0.25) is 6.41 Å². The fraction of sp³-hybridized carbons (Fsp3) is 0.273. The number of hydrogen-bond acceptors (Lipinski definition) is 4. The molecule has 5 nitrogen and oxygen atoms in total. The molecule has 3 rings (SSSR count). The molecule has 0 spiro atoms. The number of rotatable bonds is 8. The van der Waals surface area contributed by atoms with Crippen LogP contribution in [0, 0.1) is 20.8 Å². The van der Waals surface area contributed by atoms with Gasteiger partial charge in [-0.05, 0) is 55.0 Å². The summed E-state index contributed by atoms with van der Waals surface area (Å²) in [6, 6.07) is 10.6. The molecule has 1 amide bonds. The van der Waals surface area contributed by atoms with Gasteiger partial charge in [-0.1, -0.05) is 30.3 Å². The van der Waals surface area contributed by atoms with Crippen molar-refractivity contribution in [1.82, 2.24) is 10.3 Å². The molecule has 0 unspecified atom stereocenters. The van der Waals surface area contributed by atoms with Gasteiger partial charge in [-0.3, -0.25) is 4.79 Å². The summed E-state index contributed by atoms with van der Waals surface area (Å²) < 4.78 is 10.9. The number of amides is 1. The molecular formula is C22H24N2O3. The summed E-state index contributed by atoms with van der Waals surface area (Å²) in [4.78, 5) is 14.5. The zero-order valence-electron chi connectivity index (χ0n) is 15.9. The molecule has 0 aliphatic heterocycles. The molecule has 0 saturated carbocycles. The topological polar surface area (TPSA) is 64.4 Å². The van der Waals surface area contributed by atoms with E-state index in [-0.39, 0.29) is 0 Å². The molecule has 3 aromatic rings. The van der Waals surface area contributed by atoms with Crippen LogP contribution in [-0.2, 0) is 11.2 Å². The number of nitrogens with zero attached hydrogens (tertiary/aromatic N) is 1. The first kappa shape index (κ1) is 18.7. The number of aryl methyl sites for hydroxylation is 1. The zero-order valence-corrected chi connectivity index (χ0v) is 15.9. The van der Waals surface area contributed by atoms with Crippen molar-refractivity contribution in [3.05, 3.63) is 70.8 Å². The fourth-order valence-electron chi connectivity index (χ4n) is 3.19. The number of oxazole rings is 1. The third kappa shape index (κ3) is 4.37. The fourth-order valence-corrected chi connectivity index (χ4v) is 3.19. The normalized spacial score (nSPS) is 10.6. The number of benzene rings is 2. The predicted octanol–water partition coefficient (Wildman–Crippen LogP) is 3.98. The minimum atomic E-state index is 0.461. The predicted molar refractivity (Wildman–Crippen MR) is 105 cm³/mol. The van der Waals surface area contributed by atoms with Crippen molar-refractivity contribution in [2.75, 3.05) is 13.2 Å². The van der Waals surface area contributed by atoms with Gasteiger partial charge in [0.05, 0.1) is 6.54 Å². The van der Waals surface area contributed by atoms with Gasteiger partial charge in [-0.15, -0.1) is 0 Å². The van der Waals surface area contributed by atoms with Gasteiger partial charge >= 0.3 is 0 Å². The van der Waals surface area contributed by atoms with Crippen LogP contribution < -0.4 is 10.1 Å². The van der Waals surface area contributed by atoms with E-state index in [9.17, 15) is 4.79 Å². The minimum absolute atomic E-state index is 0.461. The highest BCUT2D eigenvalue weighted by Gasteiger charge is 2.12. The van der Waals surface area contributed by atoms with Crippen LogP contribution in [0.1, 0.15) is 27.8 Å². The van der Waals surface area contributed by atoms with Gasteiger partial charge < -0.3 is 14.5 Å². The Hall–Kier alpha value is -3.08. The van der Waals surface area contributed by atoms with E-state index in [2.05, 4.69) is 61.4 Å². The van der Waals surface area contributed by atoms with Gasteiger partial charge in [0.25, 0.3) is 0 Å². The Kier molecular flexibility index (Phi) is 5.91. The van der Waals surface area contributed by atoms with Gasteiger partial charge in [0.15, 0.2) is 6.39 Å². The molecule has 0 atom stereocenters. The number of aromatic nitrogens is 1. The summed E-state index contributed by atoms with van der Waals surface area (Å²) in [5.41, 5.74) is 7.91. The molecule has 0 aliphatic carbocycles. The molecule has 0 fully saturated rings. The molecule has 0 saturated heterocycles. The van der Waals surface area contributed by atoms with Crippen LogP contribution in [0.3, 0.4) is 0 Å². The van der Waals surface area contributed by atoms with Crippen molar-refractivity contribution < 1.29 is 13.9 Å². The number of ether oxygens (including phenoxy) is 1. The Bertz CT molecular complexity index is 900. The van der Waals surface area contributed by atoms with Crippen molar-refractivity contribution in [1.29, 1.82) is 0 Å². The van der Waals surface area contributed by atoms with Crippen LogP contribution in [0.4, 0.5) is 0 Å². The lowest BCUT2D eigenvalue weighted by molar-refractivity contribution is -0.109. The molecule has 27 heavy (non-hydrogen) atoms. The van der Waals surface area contributed by atoms with E-state index in [0.29, 0.717) is 19.6 Å². The Labute approximate surface area is 159 Å². The number of carbonyl (C=O) groups is 1.